The smallest absolute Gasteiger partial charge is 0.266 e. The Morgan fingerprint density at radius 1 is 0.743 bits per heavy atom. The highest BCUT2D eigenvalue weighted by molar-refractivity contribution is 6.24. The van der Waals surface area contributed by atoms with Gasteiger partial charge in [-0.1, -0.05) is 30.3 Å². The maximum absolute atomic E-state index is 13.7. The molecule has 3 atom stereocenters. The Hall–Kier alpha value is -3.75. The van der Waals surface area contributed by atoms with Crippen LogP contribution in [-0.4, -0.2) is 44.2 Å². The Morgan fingerprint density at radius 2 is 1.40 bits per heavy atom. The number of nitrogens with zero attached hydrogens (tertiary/aromatic N) is 3. The van der Waals surface area contributed by atoms with Crippen LogP contribution in [0.2, 0.25) is 0 Å². The second-order valence-corrected chi connectivity index (χ2v) is 8.84. The van der Waals surface area contributed by atoms with Crippen molar-refractivity contribution < 1.29 is 23.6 Å². The summed E-state index contributed by atoms with van der Waals surface area (Å²) in [6.45, 7) is 2.95. The molecular weight excluding hydrogens is 449 g/mol. The number of para-hydroxylation sites is 1. The summed E-state index contributed by atoms with van der Waals surface area (Å²) in [5.74, 6) is -1.85. The fourth-order valence-electron chi connectivity index (χ4n) is 5.10. The maximum Gasteiger partial charge on any atom is 0.266 e. The Morgan fingerprint density at radius 3 is 2.09 bits per heavy atom. The minimum absolute atomic E-state index is 0.327. The quantitative estimate of drug-likeness (QED) is 0.539. The number of carbonyl (C=O) groups excluding carboxylic acids is 2. The lowest BCUT2D eigenvalue weighted by molar-refractivity contribution is -0.126. The van der Waals surface area contributed by atoms with Crippen LogP contribution >= 0.6 is 0 Å². The van der Waals surface area contributed by atoms with Crippen LogP contribution in [0.1, 0.15) is 11.6 Å². The molecule has 8 heteroatoms. The van der Waals surface area contributed by atoms with Crippen molar-refractivity contribution in [1.82, 2.24) is 0 Å². The van der Waals surface area contributed by atoms with Gasteiger partial charge >= 0.3 is 0 Å². The van der Waals surface area contributed by atoms with E-state index in [9.17, 15) is 14.0 Å². The summed E-state index contributed by atoms with van der Waals surface area (Å²) in [7, 11) is 0. The molecule has 0 N–H and O–H groups in total. The van der Waals surface area contributed by atoms with E-state index in [-0.39, 0.29) is 11.7 Å². The summed E-state index contributed by atoms with van der Waals surface area (Å²) in [6.07, 6.45) is -0.961. The number of hydroxylamine groups is 1. The van der Waals surface area contributed by atoms with Crippen LogP contribution in [0, 0.1) is 11.7 Å². The van der Waals surface area contributed by atoms with Crippen LogP contribution in [-0.2, 0) is 19.2 Å². The van der Waals surface area contributed by atoms with Crippen LogP contribution in [0.25, 0.3) is 0 Å². The number of carbonyl (C=O) groups is 2. The number of rotatable bonds is 4. The lowest BCUT2D eigenvalue weighted by Crippen LogP contribution is -2.38. The third-order valence-corrected chi connectivity index (χ3v) is 6.82. The van der Waals surface area contributed by atoms with Gasteiger partial charge in [0.2, 0.25) is 5.91 Å². The number of imide groups is 1. The van der Waals surface area contributed by atoms with Gasteiger partial charge in [-0.15, -0.1) is 0 Å². The number of hydrogen-bond donors (Lipinski definition) is 0. The zero-order valence-corrected chi connectivity index (χ0v) is 18.9. The van der Waals surface area contributed by atoms with E-state index in [1.54, 1.807) is 29.3 Å². The number of morpholine rings is 1. The van der Waals surface area contributed by atoms with Crippen molar-refractivity contribution >= 4 is 28.9 Å². The molecule has 6 rings (SSSR count). The predicted octanol–water partition coefficient (Wildman–Crippen LogP) is 3.71. The van der Waals surface area contributed by atoms with Crippen molar-refractivity contribution in [2.75, 3.05) is 41.2 Å². The summed E-state index contributed by atoms with van der Waals surface area (Å²) in [4.78, 5) is 36.7. The van der Waals surface area contributed by atoms with E-state index in [1.165, 1.54) is 17.0 Å². The van der Waals surface area contributed by atoms with Crippen molar-refractivity contribution in [3.05, 3.63) is 90.2 Å². The number of fused-ring (bicyclic) bond motifs is 1. The van der Waals surface area contributed by atoms with Crippen molar-refractivity contribution in [1.29, 1.82) is 0 Å². The molecular formula is C27H24FN3O4. The number of hydrogen-bond acceptors (Lipinski definition) is 6. The molecule has 0 spiro atoms. The lowest BCUT2D eigenvalue weighted by atomic mass is 9.90. The predicted molar refractivity (Wildman–Crippen MR) is 128 cm³/mol. The molecule has 0 aromatic heterocycles. The van der Waals surface area contributed by atoms with Crippen molar-refractivity contribution in [3.63, 3.8) is 0 Å². The topological polar surface area (TPSA) is 62.3 Å². The third-order valence-electron chi connectivity index (χ3n) is 6.82. The molecule has 0 aliphatic carbocycles. The van der Waals surface area contributed by atoms with Crippen LogP contribution in [0.15, 0.2) is 78.9 Å². The summed E-state index contributed by atoms with van der Waals surface area (Å²) in [5, 5.41) is 1.61. The molecule has 3 aliphatic heterocycles. The van der Waals surface area contributed by atoms with E-state index >= 15 is 0 Å². The van der Waals surface area contributed by atoms with Gasteiger partial charge in [0, 0.05) is 18.8 Å². The number of ether oxygens (including phenoxy) is 1. The minimum atomic E-state index is -0.961. The number of amides is 2. The van der Waals surface area contributed by atoms with Gasteiger partial charge in [-0.05, 0) is 54.1 Å². The monoisotopic (exact) mass is 473 g/mol. The summed E-state index contributed by atoms with van der Waals surface area (Å²) < 4.78 is 19.1. The van der Waals surface area contributed by atoms with Crippen LogP contribution < -0.4 is 14.9 Å². The Bertz CT molecular complexity index is 1230. The molecule has 35 heavy (non-hydrogen) atoms. The van der Waals surface area contributed by atoms with Gasteiger partial charge in [0.05, 0.1) is 30.6 Å². The Labute approximate surface area is 202 Å². The van der Waals surface area contributed by atoms with Gasteiger partial charge in [-0.3, -0.25) is 14.4 Å². The molecule has 3 fully saturated rings. The normalized spacial score (nSPS) is 24.3. The highest BCUT2D eigenvalue weighted by Gasteiger charge is 2.60. The second kappa shape index (κ2) is 8.79. The molecule has 0 bridgehead atoms. The van der Waals surface area contributed by atoms with Gasteiger partial charge < -0.3 is 9.64 Å². The molecule has 3 aliphatic rings. The summed E-state index contributed by atoms with van der Waals surface area (Å²) in [5.41, 5.74) is 2.96. The first-order chi connectivity index (χ1) is 17.1. The molecule has 7 nitrogen and oxygen atoms in total. The molecule has 0 saturated carbocycles. The van der Waals surface area contributed by atoms with Crippen molar-refractivity contribution in [3.8, 4) is 0 Å². The first kappa shape index (κ1) is 21.8. The van der Waals surface area contributed by atoms with Crippen LogP contribution in [0.3, 0.4) is 0 Å². The molecule has 3 unspecified atom stereocenters. The van der Waals surface area contributed by atoms with Gasteiger partial charge in [0.1, 0.15) is 11.7 Å². The van der Waals surface area contributed by atoms with E-state index in [0.717, 1.165) is 24.5 Å². The zero-order valence-electron chi connectivity index (χ0n) is 18.9. The summed E-state index contributed by atoms with van der Waals surface area (Å²) in [6, 6.07) is 22.2. The van der Waals surface area contributed by atoms with Crippen LogP contribution in [0.5, 0.6) is 0 Å². The van der Waals surface area contributed by atoms with Crippen molar-refractivity contribution in [2.24, 2.45) is 5.92 Å². The molecule has 3 aromatic carbocycles. The highest BCUT2D eigenvalue weighted by Crippen LogP contribution is 2.47. The van der Waals surface area contributed by atoms with E-state index < -0.39 is 24.0 Å². The van der Waals surface area contributed by atoms with E-state index in [1.807, 2.05) is 42.5 Å². The van der Waals surface area contributed by atoms with E-state index in [4.69, 9.17) is 9.57 Å². The van der Waals surface area contributed by atoms with E-state index in [0.29, 0.717) is 24.5 Å². The number of halogens is 1. The third kappa shape index (κ3) is 3.75. The molecule has 3 saturated heterocycles. The number of anilines is 3. The second-order valence-electron chi connectivity index (χ2n) is 8.84. The fraction of sp³-hybridized carbons (Fsp3) is 0.259. The maximum atomic E-state index is 13.7. The van der Waals surface area contributed by atoms with Crippen molar-refractivity contribution in [2.45, 2.75) is 12.1 Å². The van der Waals surface area contributed by atoms with Gasteiger partial charge in [0.25, 0.3) is 5.91 Å². The average Bonchev–Trinajstić information content (AvgIpc) is 3.41. The minimum Gasteiger partial charge on any atom is -0.378 e. The van der Waals surface area contributed by atoms with Gasteiger partial charge in [-0.25, -0.2) is 14.4 Å². The van der Waals surface area contributed by atoms with E-state index in [2.05, 4.69) is 4.90 Å². The first-order valence-corrected chi connectivity index (χ1v) is 11.7. The zero-order chi connectivity index (χ0) is 23.9. The SMILES string of the molecule is O=C1C2ON(c3ccccc3)C(c3ccc(F)cc3)C2C(=O)N1c1ccc(N2CCOCC2)cc1. The summed E-state index contributed by atoms with van der Waals surface area (Å²) >= 11 is 0. The molecule has 178 valence electrons. The number of benzene rings is 3. The van der Waals surface area contributed by atoms with Crippen LogP contribution in [0.4, 0.5) is 21.5 Å². The molecule has 3 aromatic rings. The first-order valence-electron chi connectivity index (χ1n) is 11.7. The average molecular weight is 474 g/mol. The van der Waals surface area contributed by atoms with Gasteiger partial charge in [0.15, 0.2) is 6.10 Å². The molecule has 3 heterocycles. The molecule has 2 amide bonds. The largest absolute Gasteiger partial charge is 0.378 e. The Balaban J connectivity index is 1.33. The highest BCUT2D eigenvalue weighted by atomic mass is 19.1. The molecule has 0 radical (unpaired) electrons. The fourth-order valence-corrected chi connectivity index (χ4v) is 5.10. The lowest BCUT2D eigenvalue weighted by Gasteiger charge is -2.30. The Kier molecular flexibility index (Phi) is 5.47. The van der Waals surface area contributed by atoms with Gasteiger partial charge in [-0.2, -0.15) is 0 Å². The standard InChI is InChI=1S/C27H24FN3O4/c28-19-8-6-18(7-9-19)24-23-25(35-31(24)22-4-2-1-3-5-22)27(33)30(26(23)32)21-12-10-20(11-13-21)29-14-16-34-17-15-29/h1-13,23-25H,14-17H2.